The van der Waals surface area contributed by atoms with E-state index in [1.54, 1.807) is 6.07 Å². The first kappa shape index (κ1) is 16.3. The van der Waals surface area contributed by atoms with Gasteiger partial charge in [-0.1, -0.05) is 32.9 Å². The molecule has 1 aromatic carbocycles. The molecule has 0 bridgehead atoms. The molecular formula is C17H24N2O3. The van der Waals surface area contributed by atoms with Crippen molar-refractivity contribution in [2.75, 3.05) is 38.2 Å². The maximum atomic E-state index is 12.3. The molecule has 0 radical (unpaired) electrons. The highest BCUT2D eigenvalue weighted by atomic mass is 16.5. The van der Waals surface area contributed by atoms with E-state index in [2.05, 4.69) is 4.90 Å². The minimum Gasteiger partial charge on any atom is -0.465 e. The highest BCUT2D eigenvalue weighted by Crippen LogP contribution is 2.24. The molecule has 1 aliphatic rings. The van der Waals surface area contributed by atoms with Gasteiger partial charge in [0, 0.05) is 31.6 Å². The van der Waals surface area contributed by atoms with Crippen LogP contribution in [0.3, 0.4) is 0 Å². The van der Waals surface area contributed by atoms with Crippen LogP contribution < -0.4 is 4.90 Å². The van der Waals surface area contributed by atoms with Crippen molar-refractivity contribution in [2.24, 2.45) is 5.41 Å². The zero-order chi connectivity index (χ0) is 16.3. The Balaban J connectivity index is 2.10. The summed E-state index contributed by atoms with van der Waals surface area (Å²) in [5.41, 5.74) is 1.09. The van der Waals surface area contributed by atoms with Gasteiger partial charge >= 0.3 is 5.97 Å². The first-order valence-electron chi connectivity index (χ1n) is 7.56. The predicted octanol–water partition coefficient (Wildman–Crippen LogP) is 2.17. The Morgan fingerprint density at radius 3 is 2.18 bits per heavy atom. The lowest BCUT2D eigenvalue weighted by atomic mass is 9.94. The summed E-state index contributed by atoms with van der Waals surface area (Å²) in [5, 5.41) is 0. The summed E-state index contributed by atoms with van der Waals surface area (Å²) in [5.74, 6) is -0.155. The van der Waals surface area contributed by atoms with Crippen LogP contribution in [0.15, 0.2) is 24.3 Å². The second-order valence-corrected chi connectivity index (χ2v) is 6.54. The van der Waals surface area contributed by atoms with Crippen LogP contribution in [0, 0.1) is 5.41 Å². The van der Waals surface area contributed by atoms with Crippen LogP contribution >= 0.6 is 0 Å². The fraction of sp³-hybridized carbons (Fsp3) is 0.529. The van der Waals surface area contributed by atoms with Crippen molar-refractivity contribution in [3.8, 4) is 0 Å². The minimum absolute atomic E-state index is 0.174. The molecule has 0 aliphatic carbocycles. The lowest BCUT2D eigenvalue weighted by molar-refractivity contribution is -0.139. The highest BCUT2D eigenvalue weighted by molar-refractivity contribution is 5.95. The van der Waals surface area contributed by atoms with Crippen molar-refractivity contribution >= 4 is 17.6 Å². The number of carbonyl (C=O) groups excluding carboxylic acids is 2. The lowest BCUT2D eigenvalue weighted by Crippen LogP contribution is -2.52. The Hall–Kier alpha value is -2.04. The number of anilines is 1. The van der Waals surface area contributed by atoms with E-state index < -0.39 is 0 Å². The first-order chi connectivity index (χ1) is 10.3. The third kappa shape index (κ3) is 3.40. The zero-order valence-corrected chi connectivity index (χ0v) is 13.8. The standard InChI is InChI=1S/C17H24N2O3/c1-17(2,3)16(21)19-11-9-18(10-12-19)14-8-6-5-7-13(14)15(20)22-4/h5-8H,9-12H2,1-4H3. The molecule has 1 fully saturated rings. The highest BCUT2D eigenvalue weighted by Gasteiger charge is 2.30. The molecule has 0 saturated carbocycles. The van der Waals surface area contributed by atoms with Crippen molar-refractivity contribution in [2.45, 2.75) is 20.8 Å². The van der Waals surface area contributed by atoms with Crippen LogP contribution in [-0.2, 0) is 9.53 Å². The van der Waals surface area contributed by atoms with Gasteiger partial charge in [0.1, 0.15) is 0 Å². The fourth-order valence-electron chi connectivity index (χ4n) is 2.66. The third-order valence-corrected chi connectivity index (χ3v) is 3.86. The number of ether oxygens (including phenoxy) is 1. The summed E-state index contributed by atoms with van der Waals surface area (Å²) >= 11 is 0. The molecule has 22 heavy (non-hydrogen) atoms. The molecule has 1 aliphatic heterocycles. The Bertz CT molecular complexity index is 555. The van der Waals surface area contributed by atoms with Gasteiger partial charge in [0.2, 0.25) is 5.91 Å². The maximum Gasteiger partial charge on any atom is 0.339 e. The number of hydrogen-bond donors (Lipinski definition) is 0. The van der Waals surface area contributed by atoms with Gasteiger partial charge in [-0.2, -0.15) is 0 Å². The van der Waals surface area contributed by atoms with E-state index >= 15 is 0 Å². The molecule has 1 amide bonds. The molecular weight excluding hydrogens is 280 g/mol. The average molecular weight is 304 g/mol. The fourth-order valence-corrected chi connectivity index (χ4v) is 2.66. The number of para-hydroxylation sites is 1. The summed E-state index contributed by atoms with van der Waals surface area (Å²) in [6.07, 6.45) is 0. The average Bonchev–Trinajstić information content (AvgIpc) is 2.52. The smallest absolute Gasteiger partial charge is 0.339 e. The first-order valence-corrected chi connectivity index (χ1v) is 7.56. The SMILES string of the molecule is COC(=O)c1ccccc1N1CCN(C(=O)C(C)(C)C)CC1. The van der Waals surface area contributed by atoms with Gasteiger partial charge in [-0.05, 0) is 12.1 Å². The van der Waals surface area contributed by atoms with E-state index in [0.29, 0.717) is 18.7 Å². The number of amides is 1. The van der Waals surface area contributed by atoms with Gasteiger partial charge in [-0.15, -0.1) is 0 Å². The van der Waals surface area contributed by atoms with Crippen LogP contribution in [0.5, 0.6) is 0 Å². The summed E-state index contributed by atoms with van der Waals surface area (Å²) in [7, 11) is 1.39. The summed E-state index contributed by atoms with van der Waals surface area (Å²) in [4.78, 5) is 28.2. The molecule has 5 heteroatoms. The van der Waals surface area contributed by atoms with Gasteiger partial charge in [-0.3, -0.25) is 4.79 Å². The summed E-state index contributed by atoms with van der Waals surface area (Å²) in [6.45, 7) is 8.60. The van der Waals surface area contributed by atoms with Crippen LogP contribution in [0.2, 0.25) is 0 Å². The Kier molecular flexibility index (Phi) is 4.74. The number of hydrogen-bond acceptors (Lipinski definition) is 4. The van der Waals surface area contributed by atoms with Crippen molar-refractivity contribution < 1.29 is 14.3 Å². The van der Waals surface area contributed by atoms with Gasteiger partial charge in [0.25, 0.3) is 0 Å². The Morgan fingerprint density at radius 1 is 1.05 bits per heavy atom. The number of benzene rings is 1. The molecule has 0 unspecified atom stereocenters. The molecule has 0 atom stereocenters. The largest absolute Gasteiger partial charge is 0.465 e. The van der Waals surface area contributed by atoms with E-state index in [9.17, 15) is 9.59 Å². The van der Waals surface area contributed by atoms with E-state index in [1.807, 2.05) is 43.9 Å². The van der Waals surface area contributed by atoms with Crippen LogP contribution in [-0.4, -0.2) is 50.1 Å². The summed E-state index contributed by atoms with van der Waals surface area (Å²) < 4.78 is 4.84. The van der Waals surface area contributed by atoms with Gasteiger partial charge < -0.3 is 14.5 Å². The van der Waals surface area contributed by atoms with Crippen molar-refractivity contribution in [1.29, 1.82) is 0 Å². The molecule has 5 nitrogen and oxygen atoms in total. The number of rotatable bonds is 2. The van der Waals surface area contributed by atoms with Gasteiger partial charge in [0.15, 0.2) is 0 Å². The van der Waals surface area contributed by atoms with E-state index in [-0.39, 0.29) is 17.3 Å². The van der Waals surface area contributed by atoms with Crippen LogP contribution in [0.4, 0.5) is 5.69 Å². The van der Waals surface area contributed by atoms with Crippen LogP contribution in [0.1, 0.15) is 31.1 Å². The summed E-state index contributed by atoms with van der Waals surface area (Å²) in [6, 6.07) is 7.44. The normalized spacial score (nSPS) is 15.6. The number of methoxy groups -OCH3 is 1. The molecule has 0 aromatic heterocycles. The number of piperazine rings is 1. The van der Waals surface area contributed by atoms with Gasteiger partial charge in [0.05, 0.1) is 18.4 Å². The molecule has 2 rings (SSSR count). The quantitative estimate of drug-likeness (QED) is 0.786. The Morgan fingerprint density at radius 2 is 1.64 bits per heavy atom. The van der Waals surface area contributed by atoms with E-state index in [0.717, 1.165) is 18.8 Å². The molecule has 120 valence electrons. The number of nitrogens with zero attached hydrogens (tertiary/aromatic N) is 2. The number of esters is 1. The molecule has 1 aromatic rings. The van der Waals surface area contributed by atoms with Crippen molar-refractivity contribution in [1.82, 2.24) is 4.90 Å². The monoisotopic (exact) mass is 304 g/mol. The zero-order valence-electron chi connectivity index (χ0n) is 13.8. The predicted molar refractivity (Wildman–Crippen MR) is 86.0 cm³/mol. The molecule has 0 spiro atoms. The van der Waals surface area contributed by atoms with E-state index in [1.165, 1.54) is 7.11 Å². The Labute approximate surface area is 131 Å². The molecule has 0 N–H and O–H groups in total. The maximum absolute atomic E-state index is 12.3. The second kappa shape index (κ2) is 6.38. The van der Waals surface area contributed by atoms with Crippen molar-refractivity contribution in [3.63, 3.8) is 0 Å². The minimum atomic E-state index is -0.355. The van der Waals surface area contributed by atoms with Crippen LogP contribution in [0.25, 0.3) is 0 Å². The van der Waals surface area contributed by atoms with E-state index in [4.69, 9.17) is 4.74 Å². The number of carbonyl (C=O) groups is 2. The second-order valence-electron chi connectivity index (χ2n) is 6.54. The lowest BCUT2D eigenvalue weighted by Gasteiger charge is -2.39. The molecule has 1 heterocycles. The molecule has 1 saturated heterocycles. The van der Waals surface area contributed by atoms with Crippen molar-refractivity contribution in [3.05, 3.63) is 29.8 Å². The van der Waals surface area contributed by atoms with Gasteiger partial charge in [-0.25, -0.2) is 4.79 Å². The topological polar surface area (TPSA) is 49.9 Å². The third-order valence-electron chi connectivity index (χ3n) is 3.86.